The Labute approximate surface area is 28.7 Å². The van der Waals surface area contributed by atoms with Crippen molar-refractivity contribution in [1.82, 2.24) is 0 Å². The van der Waals surface area contributed by atoms with Crippen LogP contribution in [-0.4, -0.2) is 14.6 Å². The zero-order valence-corrected chi connectivity index (χ0v) is 4.00. The van der Waals surface area contributed by atoms with Crippen molar-refractivity contribution in [3.63, 3.8) is 0 Å². The van der Waals surface area contributed by atoms with E-state index < -0.39 is 8.41 Å². The van der Waals surface area contributed by atoms with Gasteiger partial charge in [-0.3, -0.25) is 0 Å². The summed E-state index contributed by atoms with van der Waals surface area (Å²) in [6.07, 6.45) is 6.69. The third-order valence-corrected chi connectivity index (χ3v) is 0. The third kappa shape index (κ3) is 327. The molecule has 0 nitrogen and oxygen atoms in total. The lowest BCUT2D eigenvalue weighted by Gasteiger charge is -1.60. The highest BCUT2D eigenvalue weighted by Gasteiger charge is 1.56. The molecule has 0 aliphatic carbocycles. The van der Waals surface area contributed by atoms with Gasteiger partial charge in [-0.2, -0.15) is 0 Å². The molecule has 22 valence electrons. The second kappa shape index (κ2) is 1.41. The van der Waals surface area contributed by atoms with Crippen LogP contribution in [0.3, 0.4) is 0 Å². The van der Waals surface area contributed by atoms with E-state index in [2.05, 4.69) is 0 Å². The van der Waals surface area contributed by atoms with E-state index in [9.17, 15) is 0 Å². The van der Waals surface area contributed by atoms with Gasteiger partial charge in [-0.15, -0.1) is 0 Å². The number of hydrogen-bond donors (Lipinski definition) is 0. The van der Waals surface area contributed by atoms with Crippen LogP contribution in [0.1, 0.15) is 0 Å². The number of hydrogen-bond acceptors (Lipinski definition) is 0. The Morgan fingerprint density at radius 1 is 1.50 bits per heavy atom. The van der Waals surface area contributed by atoms with Crippen LogP contribution in [0.25, 0.3) is 0 Å². The highest BCUT2D eigenvalue weighted by molar-refractivity contribution is 6.59. The topological polar surface area (TPSA) is 0 Å². The molecule has 0 amide bonds. The van der Waals surface area contributed by atoms with E-state index in [1.54, 1.807) is 0 Å². The largest absolute Gasteiger partial charge is 0.0560 e. The molecule has 0 aliphatic rings. The van der Waals surface area contributed by atoms with Gasteiger partial charge in [-0.25, -0.2) is 0 Å². The van der Waals surface area contributed by atoms with Crippen LogP contribution in [0.2, 0.25) is 13.1 Å². The van der Waals surface area contributed by atoms with Gasteiger partial charge in [-0.05, 0) is 6.17 Å². The molecule has 0 N–H and O–H groups in total. The summed E-state index contributed by atoms with van der Waals surface area (Å²) in [4.78, 5) is 0. The van der Waals surface area contributed by atoms with E-state index in [0.717, 1.165) is 0 Å². The van der Waals surface area contributed by atoms with Crippen molar-refractivity contribution in [3.8, 4) is 0 Å². The Morgan fingerprint density at radius 2 is 1.50 bits per heavy atom. The Balaban J connectivity index is 2.80. The highest BCUT2D eigenvalue weighted by Crippen LogP contribution is 1.48. The second-order valence-corrected chi connectivity index (χ2v) is 3.00. The van der Waals surface area contributed by atoms with Crippen molar-refractivity contribution in [3.05, 3.63) is 0 Å². The van der Waals surface area contributed by atoms with Gasteiger partial charge in [-0.1, -0.05) is 13.1 Å². The van der Waals surface area contributed by atoms with E-state index in [4.69, 9.17) is 6.17 Å². The monoisotopic (exact) mass is 70.0 g/mol. The van der Waals surface area contributed by atoms with Crippen molar-refractivity contribution in [2.24, 2.45) is 0 Å². The summed E-state index contributed by atoms with van der Waals surface area (Å²) in [6, 6.07) is 0. The molecule has 0 atom stereocenters. The predicted octanol–water partition coefficient (Wildman–Crippen LogP) is 0.508. The third-order valence-electron chi connectivity index (χ3n) is 0. The summed E-state index contributed by atoms with van der Waals surface area (Å²) in [5.41, 5.74) is 0. The van der Waals surface area contributed by atoms with E-state index >= 15 is 0 Å². The summed E-state index contributed by atoms with van der Waals surface area (Å²) < 4.78 is 0. The molecule has 0 fully saturated rings. The molecule has 0 bridgehead atoms. The van der Waals surface area contributed by atoms with Gasteiger partial charge >= 0.3 is 0 Å². The van der Waals surface area contributed by atoms with Crippen molar-refractivity contribution >= 4 is 14.6 Å². The molecule has 0 spiro atoms. The molecule has 1 heteroatoms. The standard InChI is InChI=1S/C3H6Si/c1-4(2)3/h1-2H3. The molecule has 0 heterocycles. The fourth-order valence-corrected chi connectivity index (χ4v) is 0. The zero-order chi connectivity index (χ0) is 3.58. The first-order chi connectivity index (χ1) is 1.73. The van der Waals surface area contributed by atoms with Gasteiger partial charge in [0.1, 0.15) is 0 Å². The van der Waals surface area contributed by atoms with Crippen molar-refractivity contribution in [1.29, 1.82) is 0 Å². The summed E-state index contributed by atoms with van der Waals surface area (Å²) >= 11 is 0. The fourth-order valence-electron chi connectivity index (χ4n) is 0. The van der Waals surface area contributed by atoms with Crippen LogP contribution in [0, 0.1) is 0 Å². The van der Waals surface area contributed by atoms with Gasteiger partial charge in [0, 0.05) is 8.41 Å². The first kappa shape index (κ1) is 4.09. The Hall–Kier alpha value is 0.0869. The minimum atomic E-state index is -0.630. The molecule has 0 aromatic heterocycles. The molecular formula is C3H6Si. The Bertz CT molecular complexity index is 26.3. The Morgan fingerprint density at radius 3 is 1.50 bits per heavy atom. The van der Waals surface area contributed by atoms with E-state index in [-0.39, 0.29) is 0 Å². The lowest BCUT2D eigenvalue weighted by atomic mass is 11.9. The molecule has 0 aromatic rings. The molecule has 0 saturated heterocycles. The molecule has 0 rings (SSSR count). The number of rotatable bonds is 0. The zero-order valence-electron chi connectivity index (χ0n) is 3.00. The fraction of sp³-hybridized carbons (Fsp3) is 0.667. The molecule has 0 aliphatic heterocycles. The van der Waals surface area contributed by atoms with Gasteiger partial charge in [0.05, 0.1) is 0 Å². The molecule has 2 radical (unpaired) electrons. The van der Waals surface area contributed by atoms with Crippen LogP contribution in [0.5, 0.6) is 0 Å². The van der Waals surface area contributed by atoms with Crippen molar-refractivity contribution < 1.29 is 0 Å². The quantitative estimate of drug-likeness (QED) is 0.364. The smallest absolute Gasteiger partial charge is 0.0133 e. The molecule has 0 unspecified atom stereocenters. The van der Waals surface area contributed by atoms with E-state index in [0.29, 0.717) is 0 Å². The SMILES string of the molecule is [C]=[Si](C)C. The van der Waals surface area contributed by atoms with Gasteiger partial charge < -0.3 is 0 Å². The lowest BCUT2D eigenvalue weighted by Crippen LogP contribution is -1.74. The van der Waals surface area contributed by atoms with Gasteiger partial charge in [0.15, 0.2) is 0 Å². The average Bonchev–Trinajstić information content (AvgIpc) is 0.811. The van der Waals surface area contributed by atoms with Crippen LogP contribution < -0.4 is 0 Å². The molecule has 4 heavy (non-hydrogen) atoms. The minimum absolute atomic E-state index is 0.630. The summed E-state index contributed by atoms with van der Waals surface area (Å²) in [6.45, 7) is 3.87. The lowest BCUT2D eigenvalue weighted by molar-refractivity contribution is 2.12. The molecule has 0 aromatic carbocycles. The van der Waals surface area contributed by atoms with Crippen LogP contribution in [-0.2, 0) is 0 Å². The van der Waals surface area contributed by atoms with Crippen LogP contribution in [0.15, 0.2) is 0 Å². The molecular weight excluding hydrogens is 64.1 g/mol. The van der Waals surface area contributed by atoms with E-state index in [1.165, 1.54) is 0 Å². The van der Waals surface area contributed by atoms with Crippen LogP contribution in [0.4, 0.5) is 0 Å². The normalized spacial score (nSPS) is 6.50. The molecule has 0 saturated carbocycles. The maximum atomic E-state index is 6.69. The Kier molecular flexibility index (Phi) is 1.44. The summed E-state index contributed by atoms with van der Waals surface area (Å²) in [5.74, 6) is 0. The average molecular weight is 70.2 g/mol. The maximum Gasteiger partial charge on any atom is 0.0133 e. The van der Waals surface area contributed by atoms with Crippen molar-refractivity contribution in [2.45, 2.75) is 13.1 Å². The first-order valence-electron chi connectivity index (χ1n) is 1.25. The summed E-state index contributed by atoms with van der Waals surface area (Å²) in [7, 11) is -0.630. The predicted molar refractivity (Wildman–Crippen MR) is 22.5 cm³/mol. The minimum Gasteiger partial charge on any atom is -0.0560 e. The van der Waals surface area contributed by atoms with Crippen molar-refractivity contribution in [2.75, 3.05) is 0 Å². The maximum absolute atomic E-state index is 6.69. The highest BCUT2D eigenvalue weighted by atomic mass is 28.2. The van der Waals surface area contributed by atoms with Crippen LogP contribution >= 0.6 is 0 Å². The van der Waals surface area contributed by atoms with E-state index in [1.807, 2.05) is 13.1 Å². The van der Waals surface area contributed by atoms with Gasteiger partial charge in [0.25, 0.3) is 0 Å². The van der Waals surface area contributed by atoms with Gasteiger partial charge in [0.2, 0.25) is 0 Å². The second-order valence-electron chi connectivity index (χ2n) is 1.00. The first-order valence-corrected chi connectivity index (χ1v) is 3.75. The summed E-state index contributed by atoms with van der Waals surface area (Å²) in [5, 5.41) is 0.